The maximum atomic E-state index is 13.3. The Labute approximate surface area is 159 Å². The quantitative estimate of drug-likeness (QED) is 0.740. The van der Waals surface area contributed by atoms with Crippen molar-refractivity contribution < 1.29 is 17.9 Å². The molecule has 0 N–H and O–H groups in total. The summed E-state index contributed by atoms with van der Waals surface area (Å²) in [5.41, 5.74) is 1.01. The minimum atomic E-state index is -3.84. The highest BCUT2D eigenvalue weighted by Crippen LogP contribution is 2.36. The van der Waals surface area contributed by atoms with Crippen LogP contribution in [0.5, 0.6) is 5.75 Å². The number of para-hydroxylation sites is 1. The molecular formula is C20H22N2O4S. The normalized spacial score (nSPS) is 16.2. The molecule has 27 heavy (non-hydrogen) atoms. The van der Waals surface area contributed by atoms with E-state index in [4.69, 9.17) is 4.74 Å². The summed E-state index contributed by atoms with van der Waals surface area (Å²) in [6, 6.07) is 13.4. The molecule has 0 unspecified atom stereocenters. The Hall–Kier alpha value is -2.80. The molecule has 0 bridgehead atoms. The van der Waals surface area contributed by atoms with Crippen LogP contribution < -0.4 is 13.9 Å². The van der Waals surface area contributed by atoms with Gasteiger partial charge in [-0.3, -0.25) is 9.10 Å². The summed E-state index contributed by atoms with van der Waals surface area (Å²) >= 11 is 0. The number of amides is 1. The maximum absolute atomic E-state index is 13.3. The molecule has 0 saturated heterocycles. The van der Waals surface area contributed by atoms with Gasteiger partial charge in [-0.2, -0.15) is 0 Å². The Morgan fingerprint density at radius 3 is 2.63 bits per heavy atom. The minimum absolute atomic E-state index is 0.0938. The molecule has 1 heterocycles. The highest BCUT2D eigenvalue weighted by atomic mass is 32.2. The number of hydrogen-bond acceptors (Lipinski definition) is 4. The van der Waals surface area contributed by atoms with Crippen molar-refractivity contribution >= 4 is 27.3 Å². The standard InChI is InChI=1S/C20H22N2O4S/c1-4-12-22(17-8-6-5-7-9-17)27(24,25)18-10-11-20-19(13-18)21(16(3)23)14-15(2)26-20/h4-11,13,15H,1,12,14H2,2-3H3/t15-/m1/s1. The summed E-state index contributed by atoms with van der Waals surface area (Å²) in [4.78, 5) is 13.7. The van der Waals surface area contributed by atoms with E-state index in [0.717, 1.165) is 0 Å². The third kappa shape index (κ3) is 3.68. The van der Waals surface area contributed by atoms with E-state index in [-0.39, 0.29) is 23.5 Å². The van der Waals surface area contributed by atoms with Crippen molar-refractivity contribution in [1.29, 1.82) is 0 Å². The fourth-order valence-electron chi connectivity index (χ4n) is 3.06. The molecule has 0 aromatic heterocycles. The molecule has 1 aliphatic rings. The van der Waals surface area contributed by atoms with Crippen LogP contribution in [-0.4, -0.2) is 33.5 Å². The molecule has 3 rings (SSSR count). The van der Waals surface area contributed by atoms with Gasteiger partial charge in [-0.15, -0.1) is 6.58 Å². The first-order valence-corrected chi connectivity index (χ1v) is 10.1. The molecule has 7 heteroatoms. The molecule has 142 valence electrons. The Balaban J connectivity index is 2.08. The van der Waals surface area contributed by atoms with Gasteiger partial charge in [0, 0.05) is 6.92 Å². The summed E-state index contributed by atoms with van der Waals surface area (Å²) in [5, 5.41) is 0. The number of nitrogens with zero attached hydrogens (tertiary/aromatic N) is 2. The molecule has 6 nitrogen and oxygen atoms in total. The molecule has 0 aliphatic carbocycles. The highest BCUT2D eigenvalue weighted by Gasteiger charge is 2.30. The lowest BCUT2D eigenvalue weighted by Gasteiger charge is -2.33. The zero-order valence-electron chi connectivity index (χ0n) is 15.3. The fraction of sp³-hybridized carbons (Fsp3) is 0.250. The van der Waals surface area contributed by atoms with E-state index in [1.165, 1.54) is 29.4 Å². The third-order valence-corrected chi connectivity index (χ3v) is 6.09. The number of carbonyl (C=O) groups excluding carboxylic acids is 1. The van der Waals surface area contributed by atoms with E-state index < -0.39 is 10.0 Å². The summed E-state index contributed by atoms with van der Waals surface area (Å²) in [5.74, 6) is 0.338. The molecule has 0 fully saturated rings. The number of fused-ring (bicyclic) bond motifs is 1. The lowest BCUT2D eigenvalue weighted by atomic mass is 10.2. The first-order chi connectivity index (χ1) is 12.8. The molecule has 1 atom stereocenters. The second kappa shape index (κ2) is 7.44. The predicted octanol–water partition coefficient (Wildman–Crippen LogP) is 3.20. The van der Waals surface area contributed by atoms with Gasteiger partial charge in [0.15, 0.2) is 0 Å². The first-order valence-electron chi connectivity index (χ1n) is 8.62. The second-order valence-corrected chi connectivity index (χ2v) is 8.21. The molecule has 2 aromatic rings. The van der Waals surface area contributed by atoms with E-state index in [0.29, 0.717) is 23.7 Å². The van der Waals surface area contributed by atoms with Crippen molar-refractivity contribution in [3.05, 3.63) is 61.2 Å². The molecule has 1 amide bonds. The van der Waals surface area contributed by atoms with Crippen LogP contribution in [0.1, 0.15) is 13.8 Å². The van der Waals surface area contributed by atoms with Gasteiger partial charge in [-0.05, 0) is 37.3 Å². The van der Waals surface area contributed by atoms with Crippen molar-refractivity contribution in [1.82, 2.24) is 0 Å². The zero-order chi connectivity index (χ0) is 19.6. The second-order valence-electron chi connectivity index (χ2n) is 6.35. The number of sulfonamides is 1. The average molecular weight is 386 g/mol. The van der Waals surface area contributed by atoms with Gasteiger partial charge in [0.25, 0.3) is 10.0 Å². The molecule has 1 aliphatic heterocycles. The largest absolute Gasteiger partial charge is 0.487 e. The van der Waals surface area contributed by atoms with Crippen molar-refractivity contribution in [2.45, 2.75) is 24.8 Å². The van der Waals surface area contributed by atoms with E-state index in [2.05, 4.69) is 6.58 Å². The lowest BCUT2D eigenvalue weighted by molar-refractivity contribution is -0.117. The Bertz CT molecular complexity index is 957. The van der Waals surface area contributed by atoms with E-state index in [1.807, 2.05) is 13.0 Å². The van der Waals surface area contributed by atoms with E-state index >= 15 is 0 Å². The van der Waals surface area contributed by atoms with Gasteiger partial charge >= 0.3 is 0 Å². The number of carbonyl (C=O) groups is 1. The molecule has 0 saturated carbocycles. The van der Waals surface area contributed by atoms with Crippen LogP contribution in [0.15, 0.2) is 66.1 Å². The van der Waals surface area contributed by atoms with E-state index in [9.17, 15) is 13.2 Å². The molecular weight excluding hydrogens is 364 g/mol. The van der Waals surface area contributed by atoms with Crippen molar-refractivity contribution in [3.8, 4) is 5.75 Å². The SMILES string of the molecule is C=CCN(c1ccccc1)S(=O)(=O)c1ccc2c(c1)N(C(C)=O)C[C@@H](C)O2. The Morgan fingerprint density at radius 1 is 1.30 bits per heavy atom. The van der Waals surface area contributed by atoms with Crippen LogP contribution in [0.3, 0.4) is 0 Å². The van der Waals surface area contributed by atoms with Crippen molar-refractivity contribution in [2.75, 3.05) is 22.3 Å². The summed E-state index contributed by atoms with van der Waals surface area (Å²) in [6.07, 6.45) is 1.38. The first kappa shape index (κ1) is 19.0. The smallest absolute Gasteiger partial charge is 0.264 e. The van der Waals surface area contributed by atoms with Crippen molar-refractivity contribution in [2.24, 2.45) is 0 Å². The number of benzene rings is 2. The molecule has 2 aromatic carbocycles. The van der Waals surface area contributed by atoms with E-state index in [1.54, 1.807) is 35.2 Å². The average Bonchev–Trinajstić information content (AvgIpc) is 2.65. The van der Waals surface area contributed by atoms with Crippen LogP contribution in [0, 0.1) is 0 Å². The van der Waals surface area contributed by atoms with Crippen LogP contribution >= 0.6 is 0 Å². The Morgan fingerprint density at radius 2 is 2.00 bits per heavy atom. The van der Waals surface area contributed by atoms with Crippen molar-refractivity contribution in [3.63, 3.8) is 0 Å². The number of anilines is 2. The summed E-state index contributed by atoms with van der Waals surface area (Å²) < 4.78 is 33.6. The zero-order valence-corrected chi connectivity index (χ0v) is 16.1. The van der Waals surface area contributed by atoms with Crippen LogP contribution in [0.25, 0.3) is 0 Å². The minimum Gasteiger partial charge on any atom is -0.487 e. The third-order valence-electron chi connectivity index (χ3n) is 4.30. The van der Waals surface area contributed by atoms with Gasteiger partial charge in [-0.25, -0.2) is 8.42 Å². The van der Waals surface area contributed by atoms with Gasteiger partial charge in [0.05, 0.1) is 29.4 Å². The van der Waals surface area contributed by atoms with Gasteiger partial charge in [-0.1, -0.05) is 24.3 Å². The maximum Gasteiger partial charge on any atom is 0.264 e. The van der Waals surface area contributed by atoms with Gasteiger partial charge in [0.1, 0.15) is 11.9 Å². The number of hydrogen-bond donors (Lipinski definition) is 0. The fourth-order valence-corrected chi connectivity index (χ4v) is 4.51. The Kier molecular flexibility index (Phi) is 5.23. The van der Waals surface area contributed by atoms with Gasteiger partial charge < -0.3 is 9.64 Å². The number of ether oxygens (including phenoxy) is 1. The molecule has 0 radical (unpaired) electrons. The van der Waals surface area contributed by atoms with Crippen LogP contribution in [0.4, 0.5) is 11.4 Å². The predicted molar refractivity (Wildman–Crippen MR) is 106 cm³/mol. The summed E-state index contributed by atoms with van der Waals surface area (Å²) in [6.45, 7) is 7.50. The number of rotatable bonds is 5. The monoisotopic (exact) mass is 386 g/mol. The lowest BCUT2D eigenvalue weighted by Crippen LogP contribution is -2.41. The van der Waals surface area contributed by atoms with Crippen LogP contribution in [-0.2, 0) is 14.8 Å². The highest BCUT2D eigenvalue weighted by molar-refractivity contribution is 7.92. The summed E-state index contributed by atoms with van der Waals surface area (Å²) in [7, 11) is -3.84. The van der Waals surface area contributed by atoms with Gasteiger partial charge in [0.2, 0.25) is 5.91 Å². The molecule has 0 spiro atoms. The topological polar surface area (TPSA) is 66.9 Å². The van der Waals surface area contributed by atoms with Crippen LogP contribution in [0.2, 0.25) is 0 Å².